The van der Waals surface area contributed by atoms with Crippen LogP contribution in [0.15, 0.2) is 45.0 Å². The standard InChI is InChI=1S/C22H24ClN3O5S3/c1-31-16-9-5-6-14(12-16)24-19(27)13-17-21(28)26(15-7-3-2-4-8-15)22(32-17)25-34(29,30)20-11-10-18(23)33-20/h5-6,9-12,15,17H,2-4,7-8,13H2,1H3,(H,24,27)/b25-22+. The molecule has 4 rings (SSSR count). The average molecular weight is 542 g/mol. The number of benzene rings is 1. The van der Waals surface area contributed by atoms with Gasteiger partial charge in [-0.3, -0.25) is 14.5 Å². The van der Waals surface area contributed by atoms with E-state index in [4.69, 9.17) is 16.3 Å². The zero-order valence-electron chi connectivity index (χ0n) is 18.4. The number of anilines is 1. The lowest BCUT2D eigenvalue weighted by atomic mass is 9.94. The summed E-state index contributed by atoms with van der Waals surface area (Å²) in [5.74, 6) is -0.0337. The summed E-state index contributed by atoms with van der Waals surface area (Å²) in [6.45, 7) is 0. The molecule has 2 heterocycles. The van der Waals surface area contributed by atoms with Gasteiger partial charge in [-0.25, -0.2) is 0 Å². The molecular formula is C22H24ClN3O5S3. The third-order valence-corrected chi connectivity index (χ3v) is 9.86. The molecule has 1 aliphatic heterocycles. The summed E-state index contributed by atoms with van der Waals surface area (Å²) < 4.78 is 35.3. The van der Waals surface area contributed by atoms with Crippen LogP contribution in [0.25, 0.3) is 0 Å². The number of methoxy groups -OCH3 is 1. The van der Waals surface area contributed by atoms with Crippen molar-refractivity contribution >= 4 is 67.4 Å². The van der Waals surface area contributed by atoms with Gasteiger partial charge in [0.05, 0.1) is 11.4 Å². The molecule has 1 saturated carbocycles. The highest BCUT2D eigenvalue weighted by Crippen LogP contribution is 2.37. The van der Waals surface area contributed by atoms with Gasteiger partial charge in [-0.2, -0.15) is 8.42 Å². The number of carbonyl (C=O) groups is 2. The monoisotopic (exact) mass is 541 g/mol. The van der Waals surface area contributed by atoms with Crippen molar-refractivity contribution in [1.29, 1.82) is 0 Å². The van der Waals surface area contributed by atoms with Crippen molar-refractivity contribution < 1.29 is 22.7 Å². The van der Waals surface area contributed by atoms with Gasteiger partial charge >= 0.3 is 0 Å². The topological polar surface area (TPSA) is 105 Å². The minimum absolute atomic E-state index is 0.0147. The number of thiophene rings is 1. The maximum Gasteiger partial charge on any atom is 0.294 e. The van der Waals surface area contributed by atoms with Gasteiger partial charge in [-0.15, -0.1) is 15.7 Å². The van der Waals surface area contributed by atoms with Crippen molar-refractivity contribution in [2.45, 2.75) is 54.0 Å². The second kappa shape index (κ2) is 10.7. The molecule has 0 radical (unpaired) electrons. The van der Waals surface area contributed by atoms with Crippen LogP contribution in [0, 0.1) is 0 Å². The molecule has 1 saturated heterocycles. The molecule has 1 N–H and O–H groups in total. The zero-order valence-corrected chi connectivity index (χ0v) is 21.6. The zero-order chi connectivity index (χ0) is 24.3. The first-order valence-corrected chi connectivity index (χ1v) is 14.3. The number of nitrogens with one attached hydrogen (secondary N) is 1. The number of hydrogen-bond donors (Lipinski definition) is 1. The molecule has 1 aliphatic carbocycles. The first-order valence-electron chi connectivity index (χ1n) is 10.8. The van der Waals surface area contributed by atoms with E-state index in [2.05, 4.69) is 9.71 Å². The van der Waals surface area contributed by atoms with Crippen LogP contribution in [0.3, 0.4) is 0 Å². The van der Waals surface area contributed by atoms with Crippen molar-refractivity contribution in [2.24, 2.45) is 4.40 Å². The second-order valence-electron chi connectivity index (χ2n) is 8.00. The normalized spacial score (nSPS) is 20.6. The molecule has 2 amide bonds. The smallest absolute Gasteiger partial charge is 0.294 e. The third-order valence-electron chi connectivity index (χ3n) is 5.63. The lowest BCUT2D eigenvalue weighted by Crippen LogP contribution is -2.42. The molecule has 2 aliphatic rings. The first kappa shape index (κ1) is 25.0. The molecule has 1 unspecified atom stereocenters. The number of nitrogens with zero attached hydrogens (tertiary/aromatic N) is 2. The van der Waals surface area contributed by atoms with E-state index in [-0.39, 0.29) is 33.7 Å². The Morgan fingerprint density at radius 2 is 2.00 bits per heavy atom. The van der Waals surface area contributed by atoms with Gasteiger partial charge in [0.2, 0.25) is 11.8 Å². The molecule has 1 atom stereocenters. The Hall–Kier alpha value is -2.08. The van der Waals surface area contributed by atoms with Gasteiger partial charge in [0, 0.05) is 24.2 Å². The van der Waals surface area contributed by atoms with E-state index in [0.29, 0.717) is 15.8 Å². The van der Waals surface area contributed by atoms with Crippen LogP contribution >= 0.6 is 34.7 Å². The minimum atomic E-state index is -4.03. The highest BCUT2D eigenvalue weighted by atomic mass is 35.5. The van der Waals surface area contributed by atoms with Crippen LogP contribution in [0.1, 0.15) is 38.5 Å². The molecule has 34 heavy (non-hydrogen) atoms. The molecule has 8 nitrogen and oxygen atoms in total. The van der Waals surface area contributed by atoms with Crippen LogP contribution in [-0.2, 0) is 19.6 Å². The Balaban J connectivity index is 1.56. The quantitative estimate of drug-likeness (QED) is 0.542. The van der Waals surface area contributed by atoms with Crippen molar-refractivity contribution in [3.63, 3.8) is 0 Å². The van der Waals surface area contributed by atoms with Gasteiger partial charge in [0.25, 0.3) is 10.0 Å². The summed E-state index contributed by atoms with van der Waals surface area (Å²) in [7, 11) is -2.50. The van der Waals surface area contributed by atoms with Crippen molar-refractivity contribution in [1.82, 2.24) is 4.90 Å². The van der Waals surface area contributed by atoms with Crippen molar-refractivity contribution in [3.05, 3.63) is 40.7 Å². The molecule has 1 aromatic carbocycles. The number of rotatable bonds is 7. The average Bonchev–Trinajstić information content (AvgIpc) is 3.38. The van der Waals surface area contributed by atoms with E-state index in [0.717, 1.165) is 55.2 Å². The summed E-state index contributed by atoms with van der Waals surface area (Å²) >= 11 is 7.85. The Morgan fingerprint density at radius 1 is 1.24 bits per heavy atom. The summed E-state index contributed by atoms with van der Waals surface area (Å²) in [6.07, 6.45) is 4.45. The van der Waals surface area contributed by atoms with Gasteiger partial charge in [0.15, 0.2) is 5.17 Å². The maximum absolute atomic E-state index is 13.3. The van der Waals surface area contributed by atoms with Gasteiger partial charge in [-0.05, 0) is 37.1 Å². The number of amidine groups is 1. The number of hydrogen-bond acceptors (Lipinski definition) is 7. The molecule has 182 valence electrons. The lowest BCUT2D eigenvalue weighted by molar-refractivity contribution is -0.130. The number of halogens is 1. The Labute approximate surface area is 211 Å². The number of amides is 2. The number of ether oxygens (including phenoxy) is 1. The first-order chi connectivity index (χ1) is 16.3. The fourth-order valence-corrected chi connectivity index (χ4v) is 7.88. The van der Waals surface area contributed by atoms with Crippen molar-refractivity contribution in [3.8, 4) is 5.75 Å². The summed E-state index contributed by atoms with van der Waals surface area (Å²) in [4.78, 5) is 27.5. The molecule has 2 aromatic rings. The molecular weight excluding hydrogens is 518 g/mol. The van der Waals surface area contributed by atoms with E-state index in [1.165, 1.54) is 24.1 Å². The van der Waals surface area contributed by atoms with Gasteiger partial charge in [0.1, 0.15) is 15.2 Å². The molecule has 2 fully saturated rings. The number of sulfonamides is 1. The summed E-state index contributed by atoms with van der Waals surface area (Å²) in [6, 6.07) is 9.69. The third kappa shape index (κ3) is 5.76. The number of carbonyl (C=O) groups excluding carboxylic acids is 2. The van der Waals surface area contributed by atoms with Crippen LogP contribution in [0.2, 0.25) is 4.34 Å². The molecule has 0 bridgehead atoms. The Bertz CT molecular complexity index is 1210. The second-order valence-corrected chi connectivity index (χ2v) is 12.7. The predicted octanol–water partition coefficient (Wildman–Crippen LogP) is 4.76. The minimum Gasteiger partial charge on any atom is -0.497 e. The highest BCUT2D eigenvalue weighted by Gasteiger charge is 2.43. The summed E-state index contributed by atoms with van der Waals surface area (Å²) in [5.41, 5.74) is 0.551. The fourth-order valence-electron chi connectivity index (χ4n) is 4.02. The molecule has 12 heteroatoms. The maximum atomic E-state index is 13.3. The summed E-state index contributed by atoms with van der Waals surface area (Å²) in [5, 5.41) is 2.15. The Morgan fingerprint density at radius 3 is 2.68 bits per heavy atom. The van der Waals surface area contributed by atoms with Crippen LogP contribution < -0.4 is 10.1 Å². The molecule has 0 spiro atoms. The van der Waals surface area contributed by atoms with Crippen molar-refractivity contribution in [2.75, 3.05) is 12.4 Å². The molecule has 1 aromatic heterocycles. The SMILES string of the molecule is COc1cccc(NC(=O)CC2S/C(=N/S(=O)(=O)c3ccc(Cl)s3)N(C3CCCCC3)C2=O)c1. The van der Waals surface area contributed by atoms with E-state index in [9.17, 15) is 18.0 Å². The lowest BCUT2D eigenvalue weighted by Gasteiger charge is -2.30. The van der Waals surface area contributed by atoms with Crippen LogP contribution in [0.4, 0.5) is 5.69 Å². The Kier molecular flexibility index (Phi) is 7.86. The highest BCUT2D eigenvalue weighted by molar-refractivity contribution is 8.16. The number of thioether (sulfide) groups is 1. The fraction of sp³-hybridized carbons (Fsp3) is 0.409. The van der Waals surface area contributed by atoms with E-state index in [1.54, 1.807) is 24.3 Å². The predicted molar refractivity (Wildman–Crippen MR) is 135 cm³/mol. The van der Waals surface area contributed by atoms with E-state index in [1.807, 2.05) is 0 Å². The van der Waals surface area contributed by atoms with Crippen LogP contribution in [-0.4, -0.2) is 48.7 Å². The van der Waals surface area contributed by atoms with Gasteiger partial charge in [-0.1, -0.05) is 48.7 Å². The van der Waals surface area contributed by atoms with Crippen LogP contribution in [0.5, 0.6) is 5.75 Å². The van der Waals surface area contributed by atoms with E-state index >= 15 is 0 Å². The van der Waals surface area contributed by atoms with Gasteiger partial charge < -0.3 is 10.1 Å². The largest absolute Gasteiger partial charge is 0.497 e. The van der Waals surface area contributed by atoms with E-state index < -0.39 is 15.3 Å².